The maximum atomic E-state index is 6.22. The highest BCUT2D eigenvalue weighted by atomic mass is 35.5. The number of oxime groups is 1. The summed E-state index contributed by atoms with van der Waals surface area (Å²) < 4.78 is 0. The molecule has 1 heterocycles. The average Bonchev–Trinajstić information content (AvgIpc) is 2.67. The minimum Gasteiger partial charge on any atom is -0.392 e. The summed E-state index contributed by atoms with van der Waals surface area (Å²) in [6.45, 7) is 8.71. The van der Waals surface area contributed by atoms with Crippen molar-refractivity contribution in [3.05, 3.63) is 34.3 Å². The summed E-state index contributed by atoms with van der Waals surface area (Å²) in [6, 6.07) is 6.00. The minimum atomic E-state index is 0.177. The van der Waals surface area contributed by atoms with E-state index in [4.69, 9.17) is 16.4 Å². The van der Waals surface area contributed by atoms with Gasteiger partial charge in [0.15, 0.2) is 0 Å². The molecule has 1 unspecified atom stereocenters. The molecule has 0 radical (unpaired) electrons. The number of hydrogen-bond acceptors (Lipinski definition) is 2. The van der Waals surface area contributed by atoms with Crippen molar-refractivity contribution in [2.75, 3.05) is 0 Å². The van der Waals surface area contributed by atoms with E-state index in [1.54, 1.807) is 0 Å². The van der Waals surface area contributed by atoms with Crippen molar-refractivity contribution in [2.24, 2.45) is 10.6 Å². The van der Waals surface area contributed by atoms with Gasteiger partial charge in [-0.3, -0.25) is 0 Å². The van der Waals surface area contributed by atoms with Gasteiger partial charge in [0.05, 0.1) is 5.71 Å². The normalized spacial score (nSPS) is 19.6. The number of aryl methyl sites for hydroxylation is 1. The van der Waals surface area contributed by atoms with E-state index in [1.807, 2.05) is 12.1 Å². The molecule has 1 aliphatic rings. The van der Waals surface area contributed by atoms with Crippen LogP contribution in [-0.2, 0) is 4.84 Å². The molecule has 98 valence electrons. The molecule has 0 saturated carbocycles. The lowest BCUT2D eigenvalue weighted by Gasteiger charge is -2.21. The molecular weight excluding hydrogens is 246 g/mol. The summed E-state index contributed by atoms with van der Waals surface area (Å²) in [5.74, 6) is 0. The van der Waals surface area contributed by atoms with E-state index in [1.165, 1.54) is 5.56 Å². The number of halogens is 1. The predicted octanol–water partition coefficient (Wildman–Crippen LogP) is 4.58. The van der Waals surface area contributed by atoms with E-state index in [-0.39, 0.29) is 11.5 Å². The fraction of sp³-hybridized carbons (Fsp3) is 0.533. The molecule has 0 aromatic heterocycles. The van der Waals surface area contributed by atoms with Gasteiger partial charge in [0.1, 0.15) is 6.10 Å². The van der Waals surface area contributed by atoms with Gasteiger partial charge in [0.2, 0.25) is 0 Å². The summed E-state index contributed by atoms with van der Waals surface area (Å²) in [7, 11) is 0. The molecule has 0 amide bonds. The molecule has 1 aliphatic heterocycles. The Bertz CT molecular complexity index is 474. The zero-order valence-electron chi connectivity index (χ0n) is 11.5. The van der Waals surface area contributed by atoms with Crippen LogP contribution in [0.15, 0.2) is 23.4 Å². The van der Waals surface area contributed by atoms with Gasteiger partial charge >= 0.3 is 0 Å². The molecule has 0 bridgehead atoms. The van der Waals surface area contributed by atoms with Gasteiger partial charge in [-0.25, -0.2) is 0 Å². The molecule has 0 saturated heterocycles. The largest absolute Gasteiger partial charge is 0.392 e. The first-order chi connectivity index (χ1) is 8.35. The maximum Gasteiger partial charge on any atom is 0.133 e. The van der Waals surface area contributed by atoms with Crippen LogP contribution in [0.5, 0.6) is 0 Å². The third kappa shape index (κ3) is 3.26. The van der Waals surface area contributed by atoms with Crippen LogP contribution in [0.4, 0.5) is 0 Å². The van der Waals surface area contributed by atoms with Crippen molar-refractivity contribution in [3.63, 3.8) is 0 Å². The molecule has 0 spiro atoms. The molecule has 0 aliphatic carbocycles. The van der Waals surface area contributed by atoms with E-state index >= 15 is 0 Å². The number of rotatable bonds is 2. The number of benzene rings is 1. The summed E-state index contributed by atoms with van der Waals surface area (Å²) in [6.07, 6.45) is 2.03. The molecule has 3 heteroatoms. The lowest BCUT2D eigenvalue weighted by atomic mass is 9.87. The van der Waals surface area contributed by atoms with Crippen LogP contribution in [0.25, 0.3) is 0 Å². The minimum absolute atomic E-state index is 0.177. The lowest BCUT2D eigenvalue weighted by molar-refractivity contribution is 0.0540. The Morgan fingerprint density at radius 2 is 2.11 bits per heavy atom. The first-order valence-corrected chi connectivity index (χ1v) is 6.72. The first kappa shape index (κ1) is 13.4. The van der Waals surface area contributed by atoms with Gasteiger partial charge in [0, 0.05) is 17.0 Å². The smallest absolute Gasteiger partial charge is 0.133 e. The molecule has 0 fully saturated rings. The molecule has 1 aromatic carbocycles. The number of hydrogen-bond donors (Lipinski definition) is 0. The molecule has 1 atom stereocenters. The van der Waals surface area contributed by atoms with E-state index in [9.17, 15) is 0 Å². The Morgan fingerprint density at radius 1 is 1.39 bits per heavy atom. The van der Waals surface area contributed by atoms with Crippen molar-refractivity contribution in [1.29, 1.82) is 0 Å². The molecule has 1 aromatic rings. The Balaban J connectivity index is 2.11. The SMILES string of the molecule is Cc1ccc(Cl)c(C2=NOC(CC(C)(C)C)C2)c1. The van der Waals surface area contributed by atoms with Gasteiger partial charge in [-0.05, 0) is 30.9 Å². The Kier molecular flexibility index (Phi) is 3.67. The summed E-state index contributed by atoms with van der Waals surface area (Å²) >= 11 is 6.22. The quantitative estimate of drug-likeness (QED) is 0.767. The molecule has 0 N–H and O–H groups in total. The first-order valence-electron chi connectivity index (χ1n) is 6.34. The third-order valence-electron chi connectivity index (χ3n) is 3.01. The second kappa shape index (κ2) is 4.93. The fourth-order valence-electron chi connectivity index (χ4n) is 2.24. The molecule has 2 nitrogen and oxygen atoms in total. The molecular formula is C15H20ClNO. The molecule has 18 heavy (non-hydrogen) atoms. The van der Waals surface area contributed by atoms with Crippen LogP contribution in [-0.4, -0.2) is 11.8 Å². The predicted molar refractivity (Wildman–Crippen MR) is 76.3 cm³/mol. The lowest BCUT2D eigenvalue weighted by Crippen LogP contribution is -2.18. The zero-order valence-corrected chi connectivity index (χ0v) is 12.2. The average molecular weight is 266 g/mol. The second-order valence-electron chi connectivity index (χ2n) is 6.22. The highest BCUT2D eigenvalue weighted by Crippen LogP contribution is 2.30. The van der Waals surface area contributed by atoms with Crippen LogP contribution in [0, 0.1) is 12.3 Å². The second-order valence-corrected chi connectivity index (χ2v) is 6.62. The van der Waals surface area contributed by atoms with Gasteiger partial charge < -0.3 is 4.84 Å². The highest BCUT2D eigenvalue weighted by Gasteiger charge is 2.27. The van der Waals surface area contributed by atoms with Gasteiger partial charge in [0.25, 0.3) is 0 Å². The maximum absolute atomic E-state index is 6.22. The van der Waals surface area contributed by atoms with E-state index in [0.29, 0.717) is 0 Å². The van der Waals surface area contributed by atoms with E-state index in [0.717, 1.165) is 29.1 Å². The van der Waals surface area contributed by atoms with Crippen molar-refractivity contribution in [2.45, 2.75) is 46.6 Å². The van der Waals surface area contributed by atoms with E-state index < -0.39 is 0 Å². The van der Waals surface area contributed by atoms with Crippen LogP contribution >= 0.6 is 11.6 Å². The Hall–Kier alpha value is -1.02. The fourth-order valence-corrected chi connectivity index (χ4v) is 2.47. The number of nitrogens with zero attached hydrogens (tertiary/aromatic N) is 1. The van der Waals surface area contributed by atoms with E-state index in [2.05, 4.69) is 38.9 Å². The third-order valence-corrected chi connectivity index (χ3v) is 3.34. The monoisotopic (exact) mass is 265 g/mol. The summed E-state index contributed by atoms with van der Waals surface area (Å²) in [5.41, 5.74) is 3.42. The molecule has 2 rings (SSSR count). The van der Waals surface area contributed by atoms with Crippen molar-refractivity contribution >= 4 is 17.3 Å². The van der Waals surface area contributed by atoms with Crippen molar-refractivity contribution in [3.8, 4) is 0 Å². The van der Waals surface area contributed by atoms with Crippen molar-refractivity contribution in [1.82, 2.24) is 0 Å². The highest BCUT2D eigenvalue weighted by molar-refractivity contribution is 6.34. The van der Waals surface area contributed by atoms with Crippen LogP contribution in [0.2, 0.25) is 5.02 Å². The summed E-state index contributed by atoms with van der Waals surface area (Å²) in [4.78, 5) is 5.52. The zero-order chi connectivity index (χ0) is 13.3. The van der Waals surface area contributed by atoms with Crippen molar-refractivity contribution < 1.29 is 4.84 Å². The van der Waals surface area contributed by atoms with Gasteiger partial charge in [-0.15, -0.1) is 0 Å². The standard InChI is InChI=1S/C15H20ClNO/c1-10-5-6-13(16)12(7-10)14-8-11(18-17-14)9-15(2,3)4/h5-7,11H,8-9H2,1-4H3. The summed E-state index contributed by atoms with van der Waals surface area (Å²) in [5, 5.41) is 4.96. The van der Waals surface area contributed by atoms with Crippen LogP contribution in [0.3, 0.4) is 0 Å². The van der Waals surface area contributed by atoms with Gasteiger partial charge in [-0.2, -0.15) is 0 Å². The Morgan fingerprint density at radius 3 is 2.78 bits per heavy atom. The van der Waals surface area contributed by atoms with Crippen LogP contribution in [0.1, 0.15) is 44.7 Å². The van der Waals surface area contributed by atoms with Crippen LogP contribution < -0.4 is 0 Å². The topological polar surface area (TPSA) is 21.6 Å². The Labute approximate surface area is 114 Å². The van der Waals surface area contributed by atoms with Gasteiger partial charge in [-0.1, -0.05) is 49.2 Å².